The molecule has 7 heteroatoms. The van der Waals surface area contributed by atoms with Gasteiger partial charge in [-0.2, -0.15) is 0 Å². The lowest BCUT2D eigenvalue weighted by Gasteiger charge is -2.08. The SMILES string of the molecule is Cc1nc2c(NCCCc3ccccc3)nc(-c3ccc(F)cn3)nc2s1. The standard InChI is InChI=1S/C20H18FN5S/c1-13-24-17-19(22-11-5-8-14-6-3-2-4-7-14)25-18(26-20(17)27-13)16-10-9-15(21)12-23-16/h2-4,6-7,9-10,12H,5,8,11H2,1H3,(H,22,25,26). The molecule has 136 valence electrons. The van der Waals surface area contributed by atoms with Crippen molar-refractivity contribution < 1.29 is 4.39 Å². The maximum absolute atomic E-state index is 13.2. The van der Waals surface area contributed by atoms with Gasteiger partial charge in [-0.25, -0.2) is 24.3 Å². The summed E-state index contributed by atoms with van der Waals surface area (Å²) in [6, 6.07) is 13.3. The molecule has 3 aromatic heterocycles. The van der Waals surface area contributed by atoms with Crippen molar-refractivity contribution in [2.75, 3.05) is 11.9 Å². The van der Waals surface area contributed by atoms with Crippen LogP contribution in [0.2, 0.25) is 0 Å². The van der Waals surface area contributed by atoms with E-state index in [0.717, 1.165) is 34.7 Å². The van der Waals surface area contributed by atoms with Crippen LogP contribution < -0.4 is 5.32 Å². The lowest BCUT2D eigenvalue weighted by molar-refractivity contribution is 0.621. The van der Waals surface area contributed by atoms with E-state index in [4.69, 9.17) is 0 Å². The highest BCUT2D eigenvalue weighted by Gasteiger charge is 2.14. The van der Waals surface area contributed by atoms with Crippen LogP contribution in [0.25, 0.3) is 21.9 Å². The summed E-state index contributed by atoms with van der Waals surface area (Å²) in [6.07, 6.45) is 3.14. The van der Waals surface area contributed by atoms with E-state index >= 15 is 0 Å². The average Bonchev–Trinajstić information content (AvgIpc) is 3.07. The third kappa shape index (κ3) is 4.09. The molecule has 0 spiro atoms. The lowest BCUT2D eigenvalue weighted by Crippen LogP contribution is -2.07. The van der Waals surface area contributed by atoms with Crippen LogP contribution in [-0.2, 0) is 6.42 Å². The highest BCUT2D eigenvalue weighted by atomic mass is 32.1. The summed E-state index contributed by atoms with van der Waals surface area (Å²) in [7, 11) is 0. The predicted octanol–water partition coefficient (Wildman–Crippen LogP) is 4.64. The van der Waals surface area contributed by atoms with Crippen LogP contribution in [0.3, 0.4) is 0 Å². The molecule has 1 aromatic carbocycles. The Balaban J connectivity index is 1.56. The van der Waals surface area contributed by atoms with Crippen LogP contribution in [0.1, 0.15) is 17.0 Å². The number of nitrogens with one attached hydrogen (secondary N) is 1. The summed E-state index contributed by atoms with van der Waals surface area (Å²) < 4.78 is 13.2. The van der Waals surface area contributed by atoms with Crippen LogP contribution in [0, 0.1) is 12.7 Å². The third-order valence-electron chi connectivity index (χ3n) is 4.10. The second-order valence-corrected chi connectivity index (χ2v) is 7.34. The van der Waals surface area contributed by atoms with Crippen molar-refractivity contribution in [1.29, 1.82) is 0 Å². The van der Waals surface area contributed by atoms with Crippen molar-refractivity contribution in [3.63, 3.8) is 0 Å². The number of rotatable bonds is 6. The molecular formula is C20H18FN5S. The molecule has 27 heavy (non-hydrogen) atoms. The molecular weight excluding hydrogens is 361 g/mol. The first kappa shape index (κ1) is 17.5. The summed E-state index contributed by atoms with van der Waals surface area (Å²) in [5.41, 5.74) is 2.62. The first-order valence-corrected chi connectivity index (χ1v) is 9.55. The van der Waals surface area contributed by atoms with E-state index in [1.807, 2.05) is 13.0 Å². The molecule has 0 atom stereocenters. The highest BCUT2D eigenvalue weighted by molar-refractivity contribution is 7.18. The largest absolute Gasteiger partial charge is 0.368 e. The summed E-state index contributed by atoms with van der Waals surface area (Å²) in [5.74, 6) is 0.781. The number of halogens is 1. The van der Waals surface area contributed by atoms with E-state index in [1.54, 1.807) is 6.07 Å². The molecule has 0 unspecified atom stereocenters. The third-order valence-corrected chi connectivity index (χ3v) is 4.96. The van der Waals surface area contributed by atoms with Gasteiger partial charge in [0, 0.05) is 6.54 Å². The van der Waals surface area contributed by atoms with Crippen molar-refractivity contribution in [3.05, 3.63) is 65.0 Å². The zero-order valence-electron chi connectivity index (χ0n) is 14.8. The number of pyridine rings is 1. The van der Waals surface area contributed by atoms with Crippen molar-refractivity contribution in [1.82, 2.24) is 19.9 Å². The van der Waals surface area contributed by atoms with Crippen LogP contribution in [0.4, 0.5) is 10.2 Å². The molecule has 5 nitrogen and oxygen atoms in total. The normalized spacial score (nSPS) is 11.0. The van der Waals surface area contributed by atoms with E-state index in [9.17, 15) is 4.39 Å². The van der Waals surface area contributed by atoms with E-state index in [0.29, 0.717) is 17.3 Å². The Morgan fingerprint density at radius 1 is 1.04 bits per heavy atom. The Hall–Kier alpha value is -2.93. The first-order chi connectivity index (χ1) is 13.2. The fraction of sp³-hybridized carbons (Fsp3) is 0.200. The molecule has 0 aliphatic rings. The summed E-state index contributed by atoms with van der Waals surface area (Å²) in [4.78, 5) is 18.6. The average molecular weight is 379 g/mol. The minimum absolute atomic E-state index is 0.382. The van der Waals surface area contributed by atoms with Gasteiger partial charge in [-0.3, -0.25) is 0 Å². The quantitative estimate of drug-likeness (QED) is 0.495. The molecule has 0 aliphatic carbocycles. The molecule has 3 heterocycles. The fourth-order valence-electron chi connectivity index (χ4n) is 2.82. The summed E-state index contributed by atoms with van der Waals surface area (Å²) in [6.45, 7) is 2.72. The van der Waals surface area contributed by atoms with Gasteiger partial charge in [-0.15, -0.1) is 0 Å². The van der Waals surface area contributed by atoms with Gasteiger partial charge in [0.05, 0.1) is 11.2 Å². The molecule has 0 aliphatic heterocycles. The van der Waals surface area contributed by atoms with Gasteiger partial charge in [-0.05, 0) is 37.5 Å². The molecule has 0 radical (unpaired) electrons. The number of aromatic nitrogens is 4. The number of benzene rings is 1. The number of hydrogen-bond acceptors (Lipinski definition) is 6. The van der Waals surface area contributed by atoms with Gasteiger partial charge in [0.2, 0.25) is 0 Å². The van der Waals surface area contributed by atoms with Crippen LogP contribution in [0.5, 0.6) is 0 Å². The minimum Gasteiger partial charge on any atom is -0.368 e. The van der Waals surface area contributed by atoms with Crippen molar-refractivity contribution in [2.45, 2.75) is 19.8 Å². The number of aryl methyl sites for hydroxylation is 2. The smallest absolute Gasteiger partial charge is 0.181 e. The second-order valence-electron chi connectivity index (χ2n) is 6.16. The molecule has 0 bridgehead atoms. The van der Waals surface area contributed by atoms with Gasteiger partial charge < -0.3 is 5.32 Å². The Kier molecular flexibility index (Phi) is 5.02. The van der Waals surface area contributed by atoms with Crippen LogP contribution in [-0.4, -0.2) is 26.5 Å². The molecule has 0 amide bonds. The van der Waals surface area contributed by atoms with Gasteiger partial charge in [0.1, 0.15) is 21.9 Å². The van der Waals surface area contributed by atoms with Crippen LogP contribution >= 0.6 is 11.3 Å². The maximum atomic E-state index is 13.2. The molecule has 4 aromatic rings. The van der Waals surface area contributed by atoms with Crippen molar-refractivity contribution in [3.8, 4) is 11.5 Å². The Bertz CT molecular complexity index is 1050. The predicted molar refractivity (Wildman–Crippen MR) is 106 cm³/mol. The first-order valence-electron chi connectivity index (χ1n) is 8.74. The Morgan fingerprint density at radius 3 is 2.67 bits per heavy atom. The molecule has 0 saturated heterocycles. The zero-order valence-corrected chi connectivity index (χ0v) is 15.6. The van der Waals surface area contributed by atoms with Crippen LogP contribution in [0.15, 0.2) is 48.7 Å². The molecule has 1 N–H and O–H groups in total. The van der Waals surface area contributed by atoms with E-state index < -0.39 is 0 Å². The Labute approximate surface area is 160 Å². The highest BCUT2D eigenvalue weighted by Crippen LogP contribution is 2.27. The topological polar surface area (TPSA) is 63.6 Å². The van der Waals surface area contributed by atoms with E-state index in [2.05, 4.69) is 49.5 Å². The second kappa shape index (κ2) is 7.75. The van der Waals surface area contributed by atoms with E-state index in [1.165, 1.54) is 29.2 Å². The summed E-state index contributed by atoms with van der Waals surface area (Å²) >= 11 is 1.51. The lowest BCUT2D eigenvalue weighted by atomic mass is 10.1. The number of nitrogens with zero attached hydrogens (tertiary/aromatic N) is 4. The van der Waals surface area contributed by atoms with Crippen molar-refractivity contribution >= 4 is 27.5 Å². The van der Waals surface area contributed by atoms with Gasteiger partial charge in [0.25, 0.3) is 0 Å². The number of thiazole rings is 1. The van der Waals surface area contributed by atoms with Crippen molar-refractivity contribution in [2.24, 2.45) is 0 Å². The molecule has 0 saturated carbocycles. The number of anilines is 1. The minimum atomic E-state index is -0.382. The zero-order chi connectivity index (χ0) is 18.6. The summed E-state index contributed by atoms with van der Waals surface area (Å²) in [5, 5.41) is 4.31. The molecule has 0 fully saturated rings. The van der Waals surface area contributed by atoms with Gasteiger partial charge >= 0.3 is 0 Å². The fourth-order valence-corrected chi connectivity index (χ4v) is 3.60. The number of hydrogen-bond donors (Lipinski definition) is 1. The monoisotopic (exact) mass is 379 g/mol. The maximum Gasteiger partial charge on any atom is 0.181 e. The van der Waals surface area contributed by atoms with Gasteiger partial charge in [0.15, 0.2) is 11.6 Å². The molecule has 4 rings (SSSR count). The van der Waals surface area contributed by atoms with Gasteiger partial charge in [-0.1, -0.05) is 41.7 Å². The Morgan fingerprint density at radius 2 is 1.89 bits per heavy atom. The van der Waals surface area contributed by atoms with E-state index in [-0.39, 0.29) is 5.82 Å². The number of fused-ring (bicyclic) bond motifs is 1.